The summed E-state index contributed by atoms with van der Waals surface area (Å²) in [4.78, 5) is 4.09. The van der Waals surface area contributed by atoms with Crippen LogP contribution in [-0.2, 0) is 6.42 Å². The zero-order chi connectivity index (χ0) is 14.8. The maximum Gasteiger partial charge on any atom is 0.124 e. The molecule has 22 heavy (non-hydrogen) atoms. The molecule has 0 radical (unpaired) electrons. The highest BCUT2D eigenvalue weighted by Gasteiger charge is 2.23. The van der Waals surface area contributed by atoms with Crippen LogP contribution < -0.4 is 4.74 Å². The maximum absolute atomic E-state index is 6.22. The lowest BCUT2D eigenvalue weighted by Gasteiger charge is -2.28. The third kappa shape index (κ3) is 2.99. The first-order valence-corrected chi connectivity index (χ1v) is 9.92. The van der Waals surface area contributed by atoms with E-state index in [1.165, 1.54) is 34.6 Å². The van der Waals surface area contributed by atoms with Gasteiger partial charge in [0.15, 0.2) is 0 Å². The number of pyridine rings is 1. The van der Waals surface area contributed by atoms with Gasteiger partial charge in [0.25, 0.3) is 0 Å². The largest absolute Gasteiger partial charge is 0.485 e. The van der Waals surface area contributed by atoms with Gasteiger partial charge < -0.3 is 4.74 Å². The minimum Gasteiger partial charge on any atom is -0.485 e. The Morgan fingerprint density at radius 1 is 1.00 bits per heavy atom. The number of ether oxygens (including phenoxy) is 1. The molecule has 4 heteroatoms. The second-order valence-corrected chi connectivity index (χ2v) is 8.44. The molecule has 1 aromatic heterocycles. The van der Waals surface area contributed by atoms with Crippen molar-refractivity contribution in [2.45, 2.75) is 29.9 Å². The summed E-state index contributed by atoms with van der Waals surface area (Å²) in [6.45, 7) is 0. The standard InChI is InChI=1S/C18H19NOS2/c1-10-21-18(22-11-1)15-3-5-17-14(12-15)2-4-16(20-17)13-6-8-19-9-7-13/h3,5-9,12,16,18H,1-2,4,10-11H2. The minimum atomic E-state index is 0.166. The first-order valence-electron chi connectivity index (χ1n) is 7.83. The van der Waals surface area contributed by atoms with Crippen molar-refractivity contribution in [3.63, 3.8) is 0 Å². The number of rotatable bonds is 2. The number of nitrogens with zero attached hydrogens (tertiary/aromatic N) is 1. The van der Waals surface area contributed by atoms with Crippen LogP contribution in [-0.4, -0.2) is 16.5 Å². The molecule has 0 aliphatic carbocycles. The van der Waals surface area contributed by atoms with Crippen molar-refractivity contribution in [3.8, 4) is 5.75 Å². The lowest BCUT2D eigenvalue weighted by Crippen LogP contribution is -2.15. The molecule has 0 bridgehead atoms. The molecule has 1 atom stereocenters. The van der Waals surface area contributed by atoms with Gasteiger partial charge in [0.1, 0.15) is 11.9 Å². The summed E-state index contributed by atoms with van der Waals surface area (Å²) in [6.07, 6.45) is 7.33. The van der Waals surface area contributed by atoms with Crippen molar-refractivity contribution in [1.82, 2.24) is 4.98 Å². The molecule has 1 saturated heterocycles. The van der Waals surface area contributed by atoms with Gasteiger partial charge in [-0.1, -0.05) is 12.1 Å². The normalized spacial score (nSPS) is 21.9. The van der Waals surface area contributed by atoms with E-state index in [4.69, 9.17) is 4.74 Å². The van der Waals surface area contributed by atoms with Crippen LogP contribution in [0.15, 0.2) is 42.7 Å². The summed E-state index contributed by atoms with van der Waals surface area (Å²) in [6, 6.07) is 10.9. The van der Waals surface area contributed by atoms with Gasteiger partial charge in [-0.15, -0.1) is 23.5 Å². The number of hydrogen-bond donors (Lipinski definition) is 0. The molecule has 0 spiro atoms. The van der Waals surface area contributed by atoms with Crippen LogP contribution >= 0.6 is 23.5 Å². The van der Waals surface area contributed by atoms with Crippen molar-refractivity contribution in [3.05, 3.63) is 59.4 Å². The predicted molar refractivity (Wildman–Crippen MR) is 94.6 cm³/mol. The van der Waals surface area contributed by atoms with Gasteiger partial charge in [0.05, 0.1) is 4.58 Å². The van der Waals surface area contributed by atoms with Gasteiger partial charge >= 0.3 is 0 Å². The molecule has 4 rings (SSSR count). The van der Waals surface area contributed by atoms with Gasteiger partial charge in [-0.25, -0.2) is 0 Å². The number of aryl methyl sites for hydroxylation is 1. The lowest BCUT2D eigenvalue weighted by atomic mass is 9.97. The molecule has 2 nitrogen and oxygen atoms in total. The Bertz CT molecular complexity index is 641. The highest BCUT2D eigenvalue weighted by Crippen LogP contribution is 2.45. The van der Waals surface area contributed by atoms with Gasteiger partial charge in [-0.3, -0.25) is 4.98 Å². The van der Waals surface area contributed by atoms with E-state index < -0.39 is 0 Å². The topological polar surface area (TPSA) is 22.1 Å². The van der Waals surface area contributed by atoms with Gasteiger partial charge in [-0.2, -0.15) is 0 Å². The average molecular weight is 329 g/mol. The van der Waals surface area contributed by atoms with Crippen LogP contribution in [0.4, 0.5) is 0 Å². The molecule has 2 aliphatic heterocycles. The molecule has 1 aromatic carbocycles. The molecule has 114 valence electrons. The summed E-state index contributed by atoms with van der Waals surface area (Å²) >= 11 is 4.16. The van der Waals surface area contributed by atoms with Crippen LogP contribution in [0.25, 0.3) is 0 Å². The molecule has 3 heterocycles. The van der Waals surface area contributed by atoms with Gasteiger partial charge in [-0.05, 0) is 65.7 Å². The van der Waals surface area contributed by atoms with Crippen LogP contribution in [0.1, 0.15) is 40.2 Å². The molecule has 1 unspecified atom stereocenters. The van der Waals surface area contributed by atoms with Crippen LogP contribution in [0.3, 0.4) is 0 Å². The first-order chi connectivity index (χ1) is 10.9. The molecule has 0 amide bonds. The Morgan fingerprint density at radius 3 is 2.64 bits per heavy atom. The minimum absolute atomic E-state index is 0.166. The fourth-order valence-corrected chi connectivity index (χ4v) is 5.92. The Hall–Kier alpha value is -1.13. The van der Waals surface area contributed by atoms with E-state index in [1.807, 2.05) is 12.4 Å². The van der Waals surface area contributed by atoms with E-state index in [-0.39, 0.29) is 6.10 Å². The SMILES string of the molecule is c1cc(C2CCc3cc(C4SCCCS4)ccc3O2)ccn1. The monoisotopic (exact) mass is 329 g/mol. The quantitative estimate of drug-likeness (QED) is 0.771. The van der Waals surface area contributed by atoms with Crippen molar-refractivity contribution in [2.75, 3.05) is 11.5 Å². The Labute approximate surface area is 140 Å². The fourth-order valence-electron chi connectivity index (χ4n) is 3.05. The van der Waals surface area contributed by atoms with E-state index in [0.29, 0.717) is 4.58 Å². The van der Waals surface area contributed by atoms with E-state index in [2.05, 4.69) is 58.8 Å². The Balaban J connectivity index is 1.54. The zero-order valence-corrected chi connectivity index (χ0v) is 14.0. The zero-order valence-electron chi connectivity index (χ0n) is 12.4. The molecular weight excluding hydrogens is 310 g/mol. The third-order valence-corrected chi connectivity index (χ3v) is 7.22. The second kappa shape index (κ2) is 6.55. The van der Waals surface area contributed by atoms with E-state index >= 15 is 0 Å². The smallest absolute Gasteiger partial charge is 0.124 e. The molecule has 0 N–H and O–H groups in total. The van der Waals surface area contributed by atoms with Crippen LogP contribution in [0.5, 0.6) is 5.75 Å². The summed E-state index contributed by atoms with van der Waals surface area (Å²) in [7, 11) is 0. The Kier molecular flexibility index (Phi) is 4.30. The number of aromatic nitrogens is 1. The van der Waals surface area contributed by atoms with E-state index in [1.54, 1.807) is 0 Å². The van der Waals surface area contributed by atoms with E-state index in [9.17, 15) is 0 Å². The van der Waals surface area contributed by atoms with Crippen LogP contribution in [0, 0.1) is 0 Å². The Morgan fingerprint density at radius 2 is 1.82 bits per heavy atom. The number of thioether (sulfide) groups is 2. The lowest BCUT2D eigenvalue weighted by molar-refractivity contribution is 0.176. The highest BCUT2D eigenvalue weighted by atomic mass is 32.2. The fraction of sp³-hybridized carbons (Fsp3) is 0.389. The summed E-state index contributed by atoms with van der Waals surface area (Å²) in [5, 5.41) is 0. The first kappa shape index (κ1) is 14.5. The summed E-state index contributed by atoms with van der Waals surface area (Å²) in [5.74, 6) is 3.63. The number of hydrogen-bond acceptors (Lipinski definition) is 4. The highest BCUT2D eigenvalue weighted by molar-refractivity contribution is 8.16. The molecular formula is C18H19NOS2. The predicted octanol–water partition coefficient (Wildman–Crippen LogP) is 5.02. The van der Waals surface area contributed by atoms with Gasteiger partial charge in [0, 0.05) is 12.4 Å². The number of fused-ring (bicyclic) bond motifs is 1. The van der Waals surface area contributed by atoms with E-state index in [0.717, 1.165) is 18.6 Å². The molecule has 2 aromatic rings. The third-order valence-electron chi connectivity index (χ3n) is 4.21. The summed E-state index contributed by atoms with van der Waals surface area (Å²) < 4.78 is 6.83. The average Bonchev–Trinajstić information content (AvgIpc) is 2.62. The van der Waals surface area contributed by atoms with Crippen molar-refractivity contribution >= 4 is 23.5 Å². The van der Waals surface area contributed by atoms with Crippen LogP contribution in [0.2, 0.25) is 0 Å². The van der Waals surface area contributed by atoms with Crippen molar-refractivity contribution < 1.29 is 4.74 Å². The number of benzene rings is 1. The van der Waals surface area contributed by atoms with Crippen molar-refractivity contribution in [1.29, 1.82) is 0 Å². The maximum atomic E-state index is 6.22. The summed E-state index contributed by atoms with van der Waals surface area (Å²) in [5.41, 5.74) is 4.05. The second-order valence-electron chi connectivity index (χ2n) is 5.72. The molecule has 1 fully saturated rings. The van der Waals surface area contributed by atoms with Gasteiger partial charge in [0.2, 0.25) is 0 Å². The molecule has 2 aliphatic rings. The molecule has 0 saturated carbocycles. The van der Waals surface area contributed by atoms with Crippen molar-refractivity contribution in [2.24, 2.45) is 0 Å².